The summed E-state index contributed by atoms with van der Waals surface area (Å²) in [6, 6.07) is 4.97. The summed E-state index contributed by atoms with van der Waals surface area (Å²) in [4.78, 5) is 14.1. The molecule has 0 radical (unpaired) electrons. The number of amides is 1. The molecule has 0 saturated carbocycles. The van der Waals surface area contributed by atoms with Gasteiger partial charge in [-0.15, -0.1) is 0 Å². The topological polar surface area (TPSA) is 75.8 Å². The number of ether oxygens (including phenoxy) is 1. The van der Waals surface area contributed by atoms with Crippen LogP contribution in [0, 0.1) is 6.92 Å². The van der Waals surface area contributed by atoms with Gasteiger partial charge in [-0.25, -0.2) is 0 Å². The van der Waals surface area contributed by atoms with Crippen molar-refractivity contribution in [2.24, 2.45) is 0 Å². The lowest BCUT2D eigenvalue weighted by Gasteiger charge is -2.34. The molecule has 2 rings (SSSR count). The molecule has 1 aromatic carbocycles. The maximum Gasteiger partial charge on any atom is 0.254 e. The fourth-order valence-corrected chi connectivity index (χ4v) is 2.15. The second-order valence-electron chi connectivity index (χ2n) is 4.48. The Morgan fingerprint density at radius 2 is 2.39 bits per heavy atom. The minimum atomic E-state index is -0.261. The number of hydrogen-bond donors (Lipinski definition) is 2. The predicted octanol–water partition coefficient (Wildman–Crippen LogP) is 0.411. The second-order valence-corrected chi connectivity index (χ2v) is 4.48. The first-order valence-electron chi connectivity index (χ1n) is 5.99. The van der Waals surface area contributed by atoms with Crippen molar-refractivity contribution in [2.45, 2.75) is 13.0 Å². The van der Waals surface area contributed by atoms with Crippen LogP contribution in [-0.4, -0.2) is 48.3 Å². The van der Waals surface area contributed by atoms with Crippen molar-refractivity contribution >= 4 is 11.6 Å². The summed E-state index contributed by atoms with van der Waals surface area (Å²) in [6.45, 7) is 3.18. The molecule has 5 heteroatoms. The van der Waals surface area contributed by atoms with Gasteiger partial charge in [-0.3, -0.25) is 4.79 Å². The molecule has 1 aliphatic heterocycles. The molecule has 0 spiro atoms. The van der Waals surface area contributed by atoms with Gasteiger partial charge in [-0.05, 0) is 30.7 Å². The molecule has 3 N–H and O–H groups in total. The third-order valence-corrected chi connectivity index (χ3v) is 3.18. The predicted molar refractivity (Wildman–Crippen MR) is 68.3 cm³/mol. The summed E-state index contributed by atoms with van der Waals surface area (Å²) in [7, 11) is 0. The Bertz CT molecular complexity index is 448. The number of benzene rings is 1. The van der Waals surface area contributed by atoms with Crippen LogP contribution < -0.4 is 5.73 Å². The molecule has 1 aliphatic rings. The van der Waals surface area contributed by atoms with Gasteiger partial charge in [0.25, 0.3) is 5.91 Å². The number of aryl methyl sites for hydroxylation is 1. The molecule has 1 fully saturated rings. The lowest BCUT2D eigenvalue weighted by atomic mass is 10.1. The molecule has 0 bridgehead atoms. The normalized spacial score (nSPS) is 19.9. The SMILES string of the molecule is Cc1cc(N)ccc1C(=O)N1CCOCC1CO. The maximum atomic E-state index is 12.4. The van der Waals surface area contributed by atoms with E-state index in [9.17, 15) is 9.90 Å². The van der Waals surface area contributed by atoms with Gasteiger partial charge in [0.2, 0.25) is 0 Å². The van der Waals surface area contributed by atoms with Gasteiger partial charge >= 0.3 is 0 Å². The molecule has 1 unspecified atom stereocenters. The highest BCUT2D eigenvalue weighted by Crippen LogP contribution is 2.17. The first-order chi connectivity index (χ1) is 8.63. The van der Waals surface area contributed by atoms with E-state index in [0.29, 0.717) is 31.0 Å². The van der Waals surface area contributed by atoms with Gasteiger partial charge in [0.1, 0.15) is 0 Å². The van der Waals surface area contributed by atoms with Crippen molar-refractivity contribution in [1.82, 2.24) is 4.90 Å². The summed E-state index contributed by atoms with van der Waals surface area (Å²) in [5.74, 6) is -0.0742. The fraction of sp³-hybridized carbons (Fsp3) is 0.462. The van der Waals surface area contributed by atoms with Gasteiger partial charge in [0.05, 0.1) is 25.9 Å². The summed E-state index contributed by atoms with van der Waals surface area (Å²) >= 11 is 0. The summed E-state index contributed by atoms with van der Waals surface area (Å²) in [5.41, 5.74) is 7.80. The molecule has 1 saturated heterocycles. The van der Waals surface area contributed by atoms with Gasteiger partial charge in [0.15, 0.2) is 0 Å². The van der Waals surface area contributed by atoms with Crippen molar-refractivity contribution in [1.29, 1.82) is 0 Å². The molecular formula is C13H18N2O3. The third kappa shape index (κ3) is 2.47. The number of nitrogens with two attached hydrogens (primary N) is 1. The summed E-state index contributed by atoms with van der Waals surface area (Å²) in [5, 5.41) is 9.28. The maximum absolute atomic E-state index is 12.4. The van der Waals surface area contributed by atoms with E-state index >= 15 is 0 Å². The van der Waals surface area contributed by atoms with Gasteiger partial charge < -0.3 is 20.5 Å². The van der Waals surface area contributed by atoms with Crippen molar-refractivity contribution in [3.05, 3.63) is 29.3 Å². The number of carbonyl (C=O) groups excluding carboxylic acids is 1. The molecule has 5 nitrogen and oxygen atoms in total. The van der Waals surface area contributed by atoms with Crippen LogP contribution >= 0.6 is 0 Å². The van der Waals surface area contributed by atoms with Crippen LogP contribution in [0.15, 0.2) is 18.2 Å². The average Bonchev–Trinajstić information content (AvgIpc) is 2.38. The standard InChI is InChI=1S/C13H18N2O3/c1-9-6-10(14)2-3-12(9)13(17)15-4-5-18-8-11(15)7-16/h2-3,6,11,16H,4-5,7-8,14H2,1H3. The zero-order chi connectivity index (χ0) is 13.1. The number of aliphatic hydroxyl groups is 1. The minimum absolute atomic E-state index is 0.0742. The van der Waals surface area contributed by atoms with E-state index < -0.39 is 0 Å². The minimum Gasteiger partial charge on any atom is -0.399 e. The van der Waals surface area contributed by atoms with Gasteiger partial charge in [0, 0.05) is 17.8 Å². The zero-order valence-corrected chi connectivity index (χ0v) is 10.4. The molecule has 0 aliphatic carbocycles. The zero-order valence-electron chi connectivity index (χ0n) is 10.4. The molecule has 1 atom stereocenters. The third-order valence-electron chi connectivity index (χ3n) is 3.18. The van der Waals surface area contributed by atoms with Crippen LogP contribution in [0.4, 0.5) is 5.69 Å². The number of carbonyl (C=O) groups is 1. The van der Waals surface area contributed by atoms with E-state index in [4.69, 9.17) is 10.5 Å². The van der Waals surface area contributed by atoms with Crippen molar-refractivity contribution in [2.75, 3.05) is 32.1 Å². The van der Waals surface area contributed by atoms with E-state index in [1.165, 1.54) is 0 Å². The number of morpholine rings is 1. The van der Waals surface area contributed by atoms with Crippen LogP contribution in [0.3, 0.4) is 0 Å². The molecular weight excluding hydrogens is 232 g/mol. The highest BCUT2D eigenvalue weighted by Gasteiger charge is 2.28. The number of nitrogens with zero attached hydrogens (tertiary/aromatic N) is 1. The van der Waals surface area contributed by atoms with Crippen LogP contribution in [0.1, 0.15) is 15.9 Å². The molecule has 1 amide bonds. The Kier molecular flexibility index (Phi) is 3.84. The van der Waals surface area contributed by atoms with Crippen LogP contribution in [0.25, 0.3) is 0 Å². The van der Waals surface area contributed by atoms with Crippen molar-refractivity contribution in [3.63, 3.8) is 0 Å². The fourth-order valence-electron chi connectivity index (χ4n) is 2.15. The van der Waals surface area contributed by atoms with E-state index in [1.807, 2.05) is 6.92 Å². The number of rotatable bonds is 2. The summed E-state index contributed by atoms with van der Waals surface area (Å²) < 4.78 is 5.26. The average molecular weight is 250 g/mol. The highest BCUT2D eigenvalue weighted by molar-refractivity contribution is 5.96. The smallest absolute Gasteiger partial charge is 0.254 e. The molecule has 18 heavy (non-hydrogen) atoms. The first-order valence-corrected chi connectivity index (χ1v) is 5.99. The Hall–Kier alpha value is -1.59. The molecule has 98 valence electrons. The van der Waals surface area contributed by atoms with E-state index in [2.05, 4.69) is 0 Å². The van der Waals surface area contributed by atoms with Gasteiger partial charge in [-0.1, -0.05) is 0 Å². The second kappa shape index (κ2) is 5.37. The first kappa shape index (κ1) is 12.9. The number of anilines is 1. The lowest BCUT2D eigenvalue weighted by molar-refractivity contribution is -0.0184. The van der Waals surface area contributed by atoms with E-state index in [-0.39, 0.29) is 18.6 Å². The molecule has 1 aromatic rings. The van der Waals surface area contributed by atoms with E-state index in [0.717, 1.165) is 5.56 Å². The van der Waals surface area contributed by atoms with Crippen LogP contribution in [0.5, 0.6) is 0 Å². The van der Waals surface area contributed by atoms with E-state index in [1.54, 1.807) is 23.1 Å². The molecule has 0 aromatic heterocycles. The number of hydrogen-bond acceptors (Lipinski definition) is 4. The Labute approximate surface area is 106 Å². The largest absolute Gasteiger partial charge is 0.399 e. The van der Waals surface area contributed by atoms with Crippen molar-refractivity contribution in [3.8, 4) is 0 Å². The van der Waals surface area contributed by atoms with Crippen molar-refractivity contribution < 1.29 is 14.6 Å². The van der Waals surface area contributed by atoms with Gasteiger partial charge in [-0.2, -0.15) is 0 Å². The quantitative estimate of drug-likeness (QED) is 0.745. The Morgan fingerprint density at radius 3 is 3.06 bits per heavy atom. The highest BCUT2D eigenvalue weighted by atomic mass is 16.5. The molecule has 1 heterocycles. The lowest BCUT2D eigenvalue weighted by Crippen LogP contribution is -2.50. The monoisotopic (exact) mass is 250 g/mol. The summed E-state index contributed by atoms with van der Waals surface area (Å²) in [6.07, 6.45) is 0. The Morgan fingerprint density at radius 1 is 1.61 bits per heavy atom. The van der Waals surface area contributed by atoms with Crippen LogP contribution in [0.2, 0.25) is 0 Å². The number of aliphatic hydroxyl groups excluding tert-OH is 1. The van der Waals surface area contributed by atoms with Crippen LogP contribution in [-0.2, 0) is 4.74 Å². The Balaban J connectivity index is 2.24. The number of nitrogen functional groups attached to an aromatic ring is 1.